The van der Waals surface area contributed by atoms with Crippen molar-refractivity contribution in [2.75, 3.05) is 6.54 Å². The van der Waals surface area contributed by atoms with Crippen LogP contribution in [-0.4, -0.2) is 12.1 Å². The first-order chi connectivity index (χ1) is 6.70. The summed E-state index contributed by atoms with van der Waals surface area (Å²) in [5.41, 5.74) is 0.662. The van der Waals surface area contributed by atoms with Crippen LogP contribution in [0, 0.1) is 11.3 Å². The highest BCUT2D eigenvalue weighted by atomic mass is 14.9. The Kier molecular flexibility index (Phi) is 5.87. The van der Waals surface area contributed by atoms with E-state index in [2.05, 4.69) is 53.8 Å². The van der Waals surface area contributed by atoms with E-state index in [0.717, 1.165) is 12.5 Å². The SMILES string of the molecule is CCC(CC)CC(C)(C)CNC(C)(C)C. The third kappa shape index (κ3) is 7.84. The summed E-state index contributed by atoms with van der Waals surface area (Å²) in [7, 11) is 0. The number of hydrogen-bond acceptors (Lipinski definition) is 1. The van der Waals surface area contributed by atoms with E-state index in [-0.39, 0.29) is 5.54 Å². The predicted molar refractivity (Wildman–Crippen MR) is 70.2 cm³/mol. The van der Waals surface area contributed by atoms with Gasteiger partial charge in [-0.3, -0.25) is 0 Å². The molecule has 0 aliphatic carbocycles. The van der Waals surface area contributed by atoms with Gasteiger partial charge in [0.25, 0.3) is 0 Å². The number of rotatable bonds is 6. The standard InChI is InChI=1S/C14H31N/c1-8-12(9-2)10-14(6,7)11-15-13(3,4)5/h12,15H,8-11H2,1-7H3. The number of hydrogen-bond donors (Lipinski definition) is 1. The molecule has 1 nitrogen and oxygen atoms in total. The summed E-state index contributed by atoms with van der Waals surface area (Å²) in [4.78, 5) is 0. The molecule has 15 heavy (non-hydrogen) atoms. The van der Waals surface area contributed by atoms with E-state index in [4.69, 9.17) is 0 Å². The number of nitrogens with one attached hydrogen (secondary N) is 1. The zero-order valence-corrected chi connectivity index (χ0v) is 11.9. The summed E-state index contributed by atoms with van der Waals surface area (Å²) in [5, 5.41) is 3.62. The molecule has 0 saturated carbocycles. The molecule has 0 aliphatic rings. The van der Waals surface area contributed by atoms with E-state index < -0.39 is 0 Å². The average Bonchev–Trinajstić information content (AvgIpc) is 2.10. The van der Waals surface area contributed by atoms with Gasteiger partial charge >= 0.3 is 0 Å². The van der Waals surface area contributed by atoms with Gasteiger partial charge in [0.2, 0.25) is 0 Å². The molecule has 0 heterocycles. The van der Waals surface area contributed by atoms with Crippen LogP contribution in [0.2, 0.25) is 0 Å². The maximum absolute atomic E-state index is 3.62. The minimum atomic E-state index is 0.241. The van der Waals surface area contributed by atoms with Gasteiger partial charge < -0.3 is 5.32 Å². The molecule has 92 valence electrons. The predicted octanol–water partition coefficient (Wildman–Crippen LogP) is 4.23. The highest BCUT2D eigenvalue weighted by Crippen LogP contribution is 2.28. The molecule has 0 unspecified atom stereocenters. The summed E-state index contributed by atoms with van der Waals surface area (Å²) >= 11 is 0. The van der Waals surface area contributed by atoms with E-state index in [1.165, 1.54) is 19.3 Å². The Morgan fingerprint density at radius 2 is 1.40 bits per heavy atom. The van der Waals surface area contributed by atoms with Gasteiger partial charge in [-0.05, 0) is 38.5 Å². The molecule has 0 spiro atoms. The van der Waals surface area contributed by atoms with Crippen LogP contribution < -0.4 is 5.32 Å². The van der Waals surface area contributed by atoms with Crippen molar-refractivity contribution in [3.8, 4) is 0 Å². The van der Waals surface area contributed by atoms with Crippen molar-refractivity contribution in [1.29, 1.82) is 0 Å². The fourth-order valence-electron chi connectivity index (χ4n) is 1.94. The molecule has 0 rings (SSSR count). The lowest BCUT2D eigenvalue weighted by atomic mass is 9.80. The van der Waals surface area contributed by atoms with Crippen molar-refractivity contribution in [2.24, 2.45) is 11.3 Å². The van der Waals surface area contributed by atoms with Crippen LogP contribution in [-0.2, 0) is 0 Å². The van der Waals surface area contributed by atoms with Crippen molar-refractivity contribution >= 4 is 0 Å². The minimum Gasteiger partial charge on any atom is -0.312 e. The van der Waals surface area contributed by atoms with Crippen LogP contribution in [0.25, 0.3) is 0 Å². The molecule has 1 heteroatoms. The summed E-state index contributed by atoms with van der Waals surface area (Å²) in [5.74, 6) is 0.891. The molecule has 0 atom stereocenters. The second-order valence-corrected chi connectivity index (χ2v) is 6.65. The molecular weight excluding hydrogens is 182 g/mol. The second-order valence-electron chi connectivity index (χ2n) is 6.65. The van der Waals surface area contributed by atoms with Crippen LogP contribution in [0.4, 0.5) is 0 Å². The molecule has 0 bridgehead atoms. The van der Waals surface area contributed by atoms with E-state index >= 15 is 0 Å². The fourth-order valence-corrected chi connectivity index (χ4v) is 1.94. The molecule has 1 N–H and O–H groups in total. The Hall–Kier alpha value is -0.0400. The van der Waals surface area contributed by atoms with E-state index in [1.54, 1.807) is 0 Å². The van der Waals surface area contributed by atoms with Crippen LogP contribution >= 0.6 is 0 Å². The normalized spacial score (nSPS) is 13.6. The molecule has 0 aromatic rings. The first-order valence-electron chi connectivity index (χ1n) is 6.45. The van der Waals surface area contributed by atoms with Crippen molar-refractivity contribution in [2.45, 2.75) is 73.3 Å². The van der Waals surface area contributed by atoms with Gasteiger partial charge in [0.05, 0.1) is 0 Å². The monoisotopic (exact) mass is 213 g/mol. The second kappa shape index (κ2) is 5.89. The van der Waals surface area contributed by atoms with Crippen LogP contribution in [0.15, 0.2) is 0 Å². The maximum Gasteiger partial charge on any atom is 0.00967 e. The fraction of sp³-hybridized carbons (Fsp3) is 1.00. The summed E-state index contributed by atoms with van der Waals surface area (Å²) in [6.45, 7) is 17.2. The molecule has 0 aliphatic heterocycles. The van der Waals surface area contributed by atoms with Gasteiger partial charge in [-0.15, -0.1) is 0 Å². The van der Waals surface area contributed by atoms with Gasteiger partial charge in [-0.1, -0.05) is 40.5 Å². The molecule has 0 aromatic carbocycles. The van der Waals surface area contributed by atoms with Gasteiger partial charge in [-0.25, -0.2) is 0 Å². The van der Waals surface area contributed by atoms with Crippen molar-refractivity contribution in [1.82, 2.24) is 5.32 Å². The van der Waals surface area contributed by atoms with E-state index in [0.29, 0.717) is 5.41 Å². The topological polar surface area (TPSA) is 12.0 Å². The van der Waals surface area contributed by atoms with E-state index in [1.807, 2.05) is 0 Å². The molecular formula is C14H31N. The Morgan fingerprint density at radius 3 is 1.73 bits per heavy atom. The highest BCUT2D eigenvalue weighted by Gasteiger charge is 2.23. The minimum absolute atomic E-state index is 0.241. The lowest BCUT2D eigenvalue weighted by molar-refractivity contribution is 0.224. The third-order valence-electron chi connectivity index (χ3n) is 3.09. The molecule has 0 amide bonds. The molecule has 0 saturated heterocycles. The van der Waals surface area contributed by atoms with Gasteiger partial charge in [0.1, 0.15) is 0 Å². The van der Waals surface area contributed by atoms with Crippen molar-refractivity contribution < 1.29 is 0 Å². The molecule has 0 aromatic heterocycles. The lowest BCUT2D eigenvalue weighted by Crippen LogP contribution is -2.42. The first-order valence-corrected chi connectivity index (χ1v) is 6.45. The summed E-state index contributed by atoms with van der Waals surface area (Å²) < 4.78 is 0. The van der Waals surface area contributed by atoms with Gasteiger partial charge in [-0.2, -0.15) is 0 Å². The summed E-state index contributed by atoms with van der Waals surface area (Å²) in [6.07, 6.45) is 3.97. The zero-order valence-electron chi connectivity index (χ0n) is 11.9. The average molecular weight is 213 g/mol. The Balaban J connectivity index is 4.06. The van der Waals surface area contributed by atoms with Crippen molar-refractivity contribution in [3.05, 3.63) is 0 Å². The van der Waals surface area contributed by atoms with Crippen LogP contribution in [0.1, 0.15) is 67.7 Å². The Morgan fingerprint density at radius 1 is 0.933 bits per heavy atom. The highest BCUT2D eigenvalue weighted by molar-refractivity contribution is 4.79. The Labute approximate surface area is 97.0 Å². The Bertz CT molecular complexity index is 161. The van der Waals surface area contributed by atoms with Gasteiger partial charge in [0, 0.05) is 12.1 Å². The van der Waals surface area contributed by atoms with Crippen LogP contribution in [0.3, 0.4) is 0 Å². The maximum atomic E-state index is 3.62. The van der Waals surface area contributed by atoms with Crippen LogP contribution in [0.5, 0.6) is 0 Å². The molecule has 0 fully saturated rings. The van der Waals surface area contributed by atoms with Gasteiger partial charge in [0.15, 0.2) is 0 Å². The summed E-state index contributed by atoms with van der Waals surface area (Å²) in [6, 6.07) is 0. The largest absolute Gasteiger partial charge is 0.312 e. The third-order valence-corrected chi connectivity index (χ3v) is 3.09. The lowest BCUT2D eigenvalue weighted by Gasteiger charge is -2.33. The van der Waals surface area contributed by atoms with Crippen molar-refractivity contribution in [3.63, 3.8) is 0 Å². The quantitative estimate of drug-likeness (QED) is 0.696. The smallest absolute Gasteiger partial charge is 0.00967 e. The van der Waals surface area contributed by atoms with E-state index in [9.17, 15) is 0 Å². The molecule has 0 radical (unpaired) electrons. The first kappa shape index (κ1) is 15.0. The zero-order chi connectivity index (χ0) is 12.1.